The van der Waals surface area contributed by atoms with Crippen molar-refractivity contribution in [2.75, 3.05) is 26.2 Å². The maximum Gasteiger partial charge on any atom is 0.251 e. The molecule has 6 N–H and O–H groups in total. The van der Waals surface area contributed by atoms with Gasteiger partial charge < -0.3 is 22.1 Å². The van der Waals surface area contributed by atoms with Crippen molar-refractivity contribution < 1.29 is 9.59 Å². The van der Waals surface area contributed by atoms with Gasteiger partial charge in [-0.25, -0.2) is 0 Å². The summed E-state index contributed by atoms with van der Waals surface area (Å²) in [6, 6.07) is 7.04. The molecule has 0 unspecified atom stereocenters. The summed E-state index contributed by atoms with van der Waals surface area (Å²) in [7, 11) is 0. The van der Waals surface area contributed by atoms with E-state index < -0.39 is 0 Å². The molecule has 6 nitrogen and oxygen atoms in total. The molecule has 0 fully saturated rings. The van der Waals surface area contributed by atoms with Crippen LogP contribution in [0.1, 0.15) is 149 Å². The number of rotatable bonds is 26. The lowest BCUT2D eigenvalue weighted by Crippen LogP contribution is -2.26. The molecule has 38 heavy (non-hydrogen) atoms. The minimum Gasteiger partial charge on any atom is -0.352 e. The van der Waals surface area contributed by atoms with Crippen LogP contribution in [0.3, 0.4) is 0 Å². The molecule has 6 heteroatoms. The van der Waals surface area contributed by atoms with Gasteiger partial charge in [-0.05, 0) is 57.0 Å². The third kappa shape index (κ3) is 19.2. The lowest BCUT2D eigenvalue weighted by atomic mass is 10.1. The van der Waals surface area contributed by atoms with Crippen LogP contribution in [-0.2, 0) is 0 Å². The molecule has 0 aliphatic heterocycles. The average molecular weight is 531 g/mol. The number of nitrogens with one attached hydrogen (secondary N) is 2. The van der Waals surface area contributed by atoms with Gasteiger partial charge in [0.2, 0.25) is 0 Å². The maximum absolute atomic E-state index is 12.5. The Balaban J connectivity index is 2.06. The van der Waals surface area contributed by atoms with Gasteiger partial charge in [0.25, 0.3) is 11.8 Å². The smallest absolute Gasteiger partial charge is 0.251 e. The van der Waals surface area contributed by atoms with Gasteiger partial charge in [-0.3, -0.25) is 9.59 Å². The lowest BCUT2D eigenvalue weighted by Gasteiger charge is -2.08. The highest BCUT2D eigenvalue weighted by Gasteiger charge is 2.10. The van der Waals surface area contributed by atoms with Crippen LogP contribution in [0, 0.1) is 0 Å². The molecule has 0 spiro atoms. The van der Waals surface area contributed by atoms with Crippen LogP contribution in [0.15, 0.2) is 24.3 Å². The van der Waals surface area contributed by atoms with E-state index in [0.29, 0.717) is 24.2 Å². The molecule has 0 saturated carbocycles. The highest BCUT2D eigenvalue weighted by atomic mass is 16.2. The first kappa shape index (κ1) is 34.1. The monoisotopic (exact) mass is 530 g/mol. The second-order valence-corrected chi connectivity index (χ2v) is 10.7. The quantitative estimate of drug-likeness (QED) is 0.0980. The van der Waals surface area contributed by atoms with Crippen molar-refractivity contribution in [3.05, 3.63) is 35.4 Å². The largest absolute Gasteiger partial charge is 0.352 e. The van der Waals surface area contributed by atoms with Gasteiger partial charge in [0, 0.05) is 24.2 Å². The second kappa shape index (κ2) is 25.4. The topological polar surface area (TPSA) is 110 Å². The molecule has 1 aromatic carbocycles. The molecule has 0 radical (unpaired) electrons. The van der Waals surface area contributed by atoms with Crippen molar-refractivity contribution in [1.82, 2.24) is 10.6 Å². The van der Waals surface area contributed by atoms with Crippen LogP contribution in [0.5, 0.6) is 0 Å². The predicted molar refractivity (Wildman–Crippen MR) is 162 cm³/mol. The Hall–Kier alpha value is -1.92. The van der Waals surface area contributed by atoms with E-state index in [1.807, 2.05) is 0 Å². The number of amides is 2. The fraction of sp³-hybridized carbons (Fsp3) is 0.750. The zero-order valence-corrected chi connectivity index (χ0v) is 24.3. The summed E-state index contributed by atoms with van der Waals surface area (Å²) >= 11 is 0. The number of carbonyl (C=O) groups excluding carboxylic acids is 2. The molecule has 1 rings (SSSR count). The highest BCUT2D eigenvalue weighted by Crippen LogP contribution is 2.12. The minimum absolute atomic E-state index is 0.100. The van der Waals surface area contributed by atoms with E-state index in [4.69, 9.17) is 11.5 Å². The van der Waals surface area contributed by atoms with Crippen molar-refractivity contribution in [2.24, 2.45) is 11.5 Å². The number of unbranched alkanes of at least 4 members (excludes halogenated alkanes) is 18. The van der Waals surface area contributed by atoms with Crippen LogP contribution >= 0.6 is 0 Å². The van der Waals surface area contributed by atoms with Crippen LogP contribution in [0.4, 0.5) is 0 Å². The first-order valence-corrected chi connectivity index (χ1v) is 15.8. The SMILES string of the molecule is NCCCCCCCCCCCCNC(=O)c1cccc(C(=O)NCCCCCCCCCCCCN)c1. The van der Waals surface area contributed by atoms with Gasteiger partial charge in [0.05, 0.1) is 0 Å². The van der Waals surface area contributed by atoms with E-state index in [2.05, 4.69) is 10.6 Å². The molecule has 0 saturated heterocycles. The molecule has 2 amide bonds. The van der Waals surface area contributed by atoms with Gasteiger partial charge in [0.15, 0.2) is 0 Å². The van der Waals surface area contributed by atoms with Gasteiger partial charge in [-0.2, -0.15) is 0 Å². The number of nitrogens with two attached hydrogens (primary N) is 2. The zero-order chi connectivity index (χ0) is 27.5. The molecule has 0 aliphatic carbocycles. The Kier molecular flexibility index (Phi) is 22.8. The Morgan fingerprint density at radius 3 is 1.08 bits per heavy atom. The highest BCUT2D eigenvalue weighted by molar-refractivity contribution is 5.99. The summed E-state index contributed by atoms with van der Waals surface area (Å²) < 4.78 is 0. The summed E-state index contributed by atoms with van der Waals surface area (Å²) in [5.41, 5.74) is 12.1. The molecular formula is C32H58N4O2. The molecule has 0 heterocycles. The first-order chi connectivity index (χ1) is 18.7. The lowest BCUT2D eigenvalue weighted by molar-refractivity contribution is 0.0952. The van der Waals surface area contributed by atoms with Crippen molar-refractivity contribution in [3.63, 3.8) is 0 Å². The number of carbonyl (C=O) groups is 2. The molecule has 0 aromatic heterocycles. The van der Waals surface area contributed by atoms with Gasteiger partial charge in [-0.1, -0.05) is 109 Å². The third-order valence-corrected chi connectivity index (χ3v) is 7.22. The van der Waals surface area contributed by atoms with Gasteiger partial charge in [-0.15, -0.1) is 0 Å². The fourth-order valence-corrected chi connectivity index (χ4v) is 4.78. The maximum atomic E-state index is 12.5. The van der Waals surface area contributed by atoms with Crippen molar-refractivity contribution >= 4 is 11.8 Å². The summed E-state index contributed by atoms with van der Waals surface area (Å²) in [6.45, 7) is 2.99. The van der Waals surface area contributed by atoms with Crippen LogP contribution in [0.2, 0.25) is 0 Å². The van der Waals surface area contributed by atoms with Gasteiger partial charge >= 0.3 is 0 Å². The summed E-state index contributed by atoms with van der Waals surface area (Å²) in [4.78, 5) is 25.0. The van der Waals surface area contributed by atoms with Crippen molar-refractivity contribution in [1.29, 1.82) is 0 Å². The fourth-order valence-electron chi connectivity index (χ4n) is 4.78. The van der Waals surface area contributed by atoms with Gasteiger partial charge in [0.1, 0.15) is 0 Å². The zero-order valence-electron chi connectivity index (χ0n) is 24.3. The van der Waals surface area contributed by atoms with Crippen LogP contribution < -0.4 is 22.1 Å². The molecule has 218 valence electrons. The number of benzene rings is 1. The molecule has 1 aromatic rings. The predicted octanol–water partition coefficient (Wildman–Crippen LogP) is 6.87. The molecule has 0 bridgehead atoms. The van der Waals surface area contributed by atoms with E-state index in [1.165, 1.54) is 89.9 Å². The number of hydrogen-bond donors (Lipinski definition) is 4. The van der Waals surface area contributed by atoms with E-state index in [1.54, 1.807) is 24.3 Å². The van der Waals surface area contributed by atoms with Crippen LogP contribution in [0.25, 0.3) is 0 Å². The van der Waals surface area contributed by atoms with Crippen molar-refractivity contribution in [2.45, 2.75) is 128 Å². The van der Waals surface area contributed by atoms with E-state index in [0.717, 1.165) is 51.6 Å². The standard InChI is InChI=1S/C32H58N4O2/c33-24-17-13-9-5-1-3-7-11-15-19-26-35-31(37)29-22-21-23-30(28-29)32(38)36-27-20-16-12-8-4-2-6-10-14-18-25-34/h21-23,28H,1-20,24-27,33-34H2,(H,35,37)(H,36,38). The molecule has 0 atom stereocenters. The summed E-state index contributed by atoms with van der Waals surface area (Å²) in [6.07, 6.45) is 24.6. The Labute approximate surface area is 233 Å². The summed E-state index contributed by atoms with van der Waals surface area (Å²) in [5, 5.41) is 6.01. The second-order valence-electron chi connectivity index (χ2n) is 10.7. The van der Waals surface area contributed by atoms with E-state index in [-0.39, 0.29) is 11.8 Å². The van der Waals surface area contributed by atoms with Crippen LogP contribution in [-0.4, -0.2) is 38.0 Å². The summed E-state index contributed by atoms with van der Waals surface area (Å²) in [5.74, 6) is -0.201. The first-order valence-electron chi connectivity index (χ1n) is 15.8. The Morgan fingerprint density at radius 2 is 0.763 bits per heavy atom. The van der Waals surface area contributed by atoms with Crippen molar-refractivity contribution in [3.8, 4) is 0 Å². The molecule has 0 aliphatic rings. The minimum atomic E-state index is -0.100. The van der Waals surface area contributed by atoms with E-state index >= 15 is 0 Å². The van der Waals surface area contributed by atoms with E-state index in [9.17, 15) is 9.59 Å². The average Bonchev–Trinajstić information content (AvgIpc) is 2.94. The molecular weight excluding hydrogens is 472 g/mol. The Morgan fingerprint density at radius 1 is 0.474 bits per heavy atom. The third-order valence-electron chi connectivity index (χ3n) is 7.22. The Bertz CT molecular complexity index is 655. The normalized spacial score (nSPS) is 11.0. The number of hydrogen-bond acceptors (Lipinski definition) is 4.